The van der Waals surface area contributed by atoms with Crippen LogP contribution in [0, 0.1) is 18.8 Å². The zero-order valence-electron chi connectivity index (χ0n) is 24.3. The number of benzene rings is 2. The predicted octanol–water partition coefficient (Wildman–Crippen LogP) is 5.52. The summed E-state index contributed by atoms with van der Waals surface area (Å²) >= 11 is 0. The fourth-order valence-corrected chi connectivity index (χ4v) is 4.58. The van der Waals surface area contributed by atoms with Gasteiger partial charge in [-0.3, -0.25) is 14.0 Å². The van der Waals surface area contributed by atoms with Crippen LogP contribution in [0.2, 0.25) is 0 Å². The summed E-state index contributed by atoms with van der Waals surface area (Å²) in [4.78, 5) is 35.3. The Balaban J connectivity index is 1.44. The molecule has 0 aliphatic heterocycles. The molecule has 0 bridgehead atoms. The van der Waals surface area contributed by atoms with E-state index in [0.717, 1.165) is 17.7 Å². The van der Waals surface area contributed by atoms with Gasteiger partial charge < -0.3 is 20.1 Å². The van der Waals surface area contributed by atoms with Gasteiger partial charge in [-0.05, 0) is 75.0 Å². The molecule has 0 radical (unpaired) electrons. The SMILES string of the molecule is CC(=O)Nc1cccn2c(C#Cc3cc(C(=O)Nc4cc(-n5ccnc5CN(C)C)cc(C(F)(F)F)c4)ccc3C)cnc12. The smallest absolute Gasteiger partial charge is 0.323 e. The summed E-state index contributed by atoms with van der Waals surface area (Å²) in [5, 5.41) is 5.35. The predicted molar refractivity (Wildman–Crippen MR) is 161 cm³/mol. The molecular formula is C32H28F3N7O2. The Bertz CT molecular complexity index is 1940. The van der Waals surface area contributed by atoms with Crippen LogP contribution in [0.5, 0.6) is 0 Å². The number of halogens is 3. The summed E-state index contributed by atoms with van der Waals surface area (Å²) in [7, 11) is 3.66. The lowest BCUT2D eigenvalue weighted by Crippen LogP contribution is -2.16. The summed E-state index contributed by atoms with van der Waals surface area (Å²) < 4.78 is 44.8. The molecule has 0 fully saturated rings. The number of rotatable bonds is 6. The molecule has 5 aromatic rings. The Morgan fingerprint density at radius 3 is 2.52 bits per heavy atom. The highest BCUT2D eigenvalue weighted by Crippen LogP contribution is 2.33. The van der Waals surface area contributed by atoms with E-state index in [1.54, 1.807) is 57.9 Å². The summed E-state index contributed by atoms with van der Waals surface area (Å²) in [5.41, 5.74) is 2.52. The van der Waals surface area contributed by atoms with E-state index in [9.17, 15) is 22.8 Å². The van der Waals surface area contributed by atoms with E-state index in [0.29, 0.717) is 35.0 Å². The van der Waals surface area contributed by atoms with Crippen molar-refractivity contribution in [3.8, 4) is 17.5 Å². The minimum Gasteiger partial charge on any atom is -0.323 e. The van der Waals surface area contributed by atoms with E-state index in [4.69, 9.17) is 0 Å². The van der Waals surface area contributed by atoms with Crippen LogP contribution in [0.25, 0.3) is 11.3 Å². The first-order valence-electron chi connectivity index (χ1n) is 13.5. The number of hydrogen-bond donors (Lipinski definition) is 2. The van der Waals surface area contributed by atoms with Crippen LogP contribution in [-0.4, -0.2) is 49.7 Å². The summed E-state index contributed by atoms with van der Waals surface area (Å²) in [6, 6.07) is 11.8. The first-order chi connectivity index (χ1) is 20.9. The second kappa shape index (κ2) is 12.1. The quantitative estimate of drug-likeness (QED) is 0.251. The number of alkyl halides is 3. The fraction of sp³-hybridized carbons (Fsp3) is 0.188. The van der Waals surface area contributed by atoms with E-state index in [-0.39, 0.29) is 22.8 Å². The van der Waals surface area contributed by atoms with Gasteiger partial charge in [0.05, 0.1) is 24.0 Å². The largest absolute Gasteiger partial charge is 0.416 e. The molecule has 44 heavy (non-hydrogen) atoms. The molecule has 0 aliphatic carbocycles. The average Bonchev–Trinajstić information content (AvgIpc) is 3.59. The lowest BCUT2D eigenvalue weighted by molar-refractivity contribution is -0.137. The third-order valence-corrected chi connectivity index (χ3v) is 6.63. The molecule has 0 aliphatic rings. The maximum absolute atomic E-state index is 13.8. The normalized spacial score (nSPS) is 11.4. The van der Waals surface area contributed by atoms with Crippen LogP contribution in [0.1, 0.15) is 45.5 Å². The molecule has 2 aromatic carbocycles. The van der Waals surface area contributed by atoms with E-state index >= 15 is 0 Å². The van der Waals surface area contributed by atoms with Gasteiger partial charge in [0.25, 0.3) is 5.91 Å². The van der Waals surface area contributed by atoms with Crippen molar-refractivity contribution in [1.29, 1.82) is 0 Å². The molecule has 0 atom stereocenters. The Morgan fingerprint density at radius 2 is 1.80 bits per heavy atom. The zero-order valence-corrected chi connectivity index (χ0v) is 24.3. The minimum atomic E-state index is -4.63. The number of pyridine rings is 1. The van der Waals surface area contributed by atoms with Crippen LogP contribution in [0.4, 0.5) is 24.5 Å². The standard InChI is InChI=1S/C32H28F3N7O2/c1-20-7-8-23(14-22(20)9-10-26-18-37-30-28(38-21(2)43)6-5-12-42(26)30)31(44)39-25-15-24(32(33,34)35)16-27(17-25)41-13-11-36-29(41)19-40(3)4/h5-8,11-18H,19H2,1-4H3,(H,38,43)(H,39,44). The minimum absolute atomic E-state index is 0.0155. The molecular weight excluding hydrogens is 571 g/mol. The van der Waals surface area contributed by atoms with E-state index in [1.807, 2.05) is 25.9 Å². The lowest BCUT2D eigenvalue weighted by atomic mass is 10.0. The fourth-order valence-electron chi connectivity index (χ4n) is 4.58. The van der Waals surface area contributed by atoms with Gasteiger partial charge in [0.2, 0.25) is 5.91 Å². The molecule has 0 unspecified atom stereocenters. The molecule has 0 saturated heterocycles. The Hall–Kier alpha value is -5.41. The maximum Gasteiger partial charge on any atom is 0.416 e. The molecule has 9 nitrogen and oxygen atoms in total. The highest BCUT2D eigenvalue weighted by Gasteiger charge is 2.32. The third kappa shape index (κ3) is 6.63. The van der Waals surface area contributed by atoms with Crippen molar-refractivity contribution < 1.29 is 22.8 Å². The summed E-state index contributed by atoms with van der Waals surface area (Å²) in [5.74, 6) is 5.85. The van der Waals surface area contributed by atoms with Gasteiger partial charge in [-0.25, -0.2) is 9.97 Å². The number of fused-ring (bicyclic) bond motifs is 1. The Morgan fingerprint density at radius 1 is 1.00 bits per heavy atom. The molecule has 3 heterocycles. The van der Waals surface area contributed by atoms with Gasteiger partial charge in [0.1, 0.15) is 11.5 Å². The topological polar surface area (TPSA) is 96.6 Å². The monoisotopic (exact) mass is 599 g/mol. The Labute approximate surface area is 251 Å². The van der Waals surface area contributed by atoms with Crippen molar-refractivity contribution in [3.05, 3.63) is 107 Å². The first kappa shape index (κ1) is 30.1. The van der Waals surface area contributed by atoms with Crippen molar-refractivity contribution in [2.75, 3.05) is 24.7 Å². The third-order valence-electron chi connectivity index (χ3n) is 6.63. The number of amides is 2. The summed E-state index contributed by atoms with van der Waals surface area (Å²) in [6.45, 7) is 3.65. The van der Waals surface area contributed by atoms with Crippen molar-refractivity contribution in [1.82, 2.24) is 23.8 Å². The van der Waals surface area contributed by atoms with E-state index in [1.165, 1.54) is 19.2 Å². The molecule has 3 aromatic heterocycles. The molecule has 12 heteroatoms. The highest BCUT2D eigenvalue weighted by atomic mass is 19.4. The van der Waals surface area contributed by atoms with Crippen LogP contribution in [0.3, 0.4) is 0 Å². The van der Waals surface area contributed by atoms with Gasteiger partial charge in [0, 0.05) is 48.0 Å². The van der Waals surface area contributed by atoms with Gasteiger partial charge in [0.15, 0.2) is 5.65 Å². The second-order valence-corrected chi connectivity index (χ2v) is 10.4. The van der Waals surface area contributed by atoms with Crippen LogP contribution >= 0.6 is 0 Å². The van der Waals surface area contributed by atoms with E-state index in [2.05, 4.69) is 32.4 Å². The second-order valence-electron chi connectivity index (χ2n) is 10.4. The molecule has 2 N–H and O–H groups in total. The number of nitrogens with one attached hydrogen (secondary N) is 2. The van der Waals surface area contributed by atoms with Gasteiger partial charge in [-0.2, -0.15) is 13.2 Å². The van der Waals surface area contributed by atoms with Crippen molar-refractivity contribution in [2.45, 2.75) is 26.6 Å². The molecule has 5 rings (SSSR count). The highest BCUT2D eigenvalue weighted by molar-refractivity contribution is 6.04. The molecule has 2 amide bonds. The number of aromatic nitrogens is 4. The number of imidazole rings is 2. The van der Waals surface area contributed by atoms with Crippen LogP contribution in [0.15, 0.2) is 73.3 Å². The number of anilines is 2. The van der Waals surface area contributed by atoms with Crippen molar-refractivity contribution in [3.63, 3.8) is 0 Å². The first-order valence-corrected chi connectivity index (χ1v) is 13.5. The molecule has 0 spiro atoms. The lowest BCUT2D eigenvalue weighted by Gasteiger charge is -2.16. The Kier molecular flexibility index (Phi) is 8.24. The van der Waals surface area contributed by atoms with Crippen molar-refractivity contribution in [2.24, 2.45) is 0 Å². The molecule has 0 saturated carbocycles. The maximum atomic E-state index is 13.8. The van der Waals surface area contributed by atoms with Gasteiger partial charge >= 0.3 is 6.18 Å². The van der Waals surface area contributed by atoms with Crippen LogP contribution < -0.4 is 10.6 Å². The van der Waals surface area contributed by atoms with E-state index < -0.39 is 17.6 Å². The zero-order chi connectivity index (χ0) is 31.6. The van der Waals surface area contributed by atoms with Gasteiger partial charge in [-0.1, -0.05) is 12.0 Å². The number of nitrogens with zero attached hydrogens (tertiary/aromatic N) is 5. The van der Waals surface area contributed by atoms with Crippen LogP contribution in [-0.2, 0) is 17.5 Å². The van der Waals surface area contributed by atoms with Gasteiger partial charge in [-0.15, -0.1) is 0 Å². The number of carbonyl (C=O) groups excluding carboxylic acids is 2. The number of hydrogen-bond acceptors (Lipinski definition) is 5. The number of carbonyl (C=O) groups is 2. The molecule has 224 valence electrons. The average molecular weight is 600 g/mol. The van der Waals surface area contributed by atoms with Crippen molar-refractivity contribution >= 4 is 28.8 Å². The number of aryl methyl sites for hydroxylation is 1. The summed E-state index contributed by atoms with van der Waals surface area (Å²) in [6.07, 6.45) is 1.81.